The number of hydrogen-bond donors (Lipinski definition) is 2. The number of benzene rings is 2. The maximum absolute atomic E-state index is 10.8. The van der Waals surface area contributed by atoms with Gasteiger partial charge in [-0.15, -0.1) is 0 Å². The third kappa shape index (κ3) is 4.72. The molecule has 2 aromatic rings. The molecule has 21 heavy (non-hydrogen) atoms. The average molecular weight is 288 g/mol. The zero-order valence-corrected chi connectivity index (χ0v) is 11.4. The van der Waals surface area contributed by atoms with Gasteiger partial charge in [-0.1, -0.05) is 6.07 Å². The van der Waals surface area contributed by atoms with Gasteiger partial charge in [-0.2, -0.15) is 0 Å². The van der Waals surface area contributed by atoms with Crippen LogP contribution in [-0.2, 0) is 0 Å². The monoisotopic (exact) mass is 288 g/mol. The molecule has 0 aliphatic carbocycles. The number of ether oxygens (including phenoxy) is 2. The van der Waals surface area contributed by atoms with E-state index < -0.39 is 5.97 Å². The van der Waals surface area contributed by atoms with Crippen LogP contribution in [-0.4, -0.2) is 29.4 Å². The molecule has 0 radical (unpaired) electrons. The molecule has 2 aromatic carbocycles. The maximum atomic E-state index is 10.8. The number of rotatable bonds is 7. The zero-order valence-electron chi connectivity index (χ0n) is 11.4. The van der Waals surface area contributed by atoms with Gasteiger partial charge in [-0.05, 0) is 42.5 Å². The summed E-state index contributed by atoms with van der Waals surface area (Å²) < 4.78 is 10.9. The highest BCUT2D eigenvalue weighted by molar-refractivity contribution is 5.87. The molecule has 0 aromatic heterocycles. The second-order valence-electron chi connectivity index (χ2n) is 4.38. The first kappa shape index (κ1) is 14.7. The lowest BCUT2D eigenvalue weighted by molar-refractivity contribution is 0.0696. The Labute approximate surface area is 122 Å². The summed E-state index contributed by atoms with van der Waals surface area (Å²) >= 11 is 0. The molecule has 0 bridgehead atoms. The smallest absolute Gasteiger partial charge is 0.335 e. The van der Waals surface area contributed by atoms with Crippen LogP contribution in [0.4, 0.5) is 0 Å². The molecule has 0 amide bonds. The van der Waals surface area contributed by atoms with Crippen LogP contribution in [0.2, 0.25) is 0 Å². The molecule has 0 atom stereocenters. The Morgan fingerprint density at radius 1 is 0.952 bits per heavy atom. The normalized spacial score (nSPS) is 10.1. The van der Waals surface area contributed by atoms with Gasteiger partial charge in [0, 0.05) is 6.42 Å². The number of phenolic OH excluding ortho intramolecular Hbond substituents is 1. The van der Waals surface area contributed by atoms with Crippen LogP contribution in [0.25, 0.3) is 0 Å². The number of hydrogen-bond acceptors (Lipinski definition) is 4. The van der Waals surface area contributed by atoms with Crippen LogP contribution in [0.5, 0.6) is 17.2 Å². The minimum absolute atomic E-state index is 0.198. The molecule has 0 fully saturated rings. The van der Waals surface area contributed by atoms with Crippen molar-refractivity contribution in [3.63, 3.8) is 0 Å². The number of carbonyl (C=O) groups is 1. The van der Waals surface area contributed by atoms with Gasteiger partial charge in [0.1, 0.15) is 17.2 Å². The summed E-state index contributed by atoms with van der Waals surface area (Å²) in [5.74, 6) is 0.431. The molecule has 0 saturated heterocycles. The largest absolute Gasteiger partial charge is 0.508 e. The van der Waals surface area contributed by atoms with E-state index >= 15 is 0 Å². The molecule has 0 aliphatic rings. The van der Waals surface area contributed by atoms with E-state index in [-0.39, 0.29) is 11.3 Å². The molecule has 0 heterocycles. The highest BCUT2D eigenvalue weighted by Gasteiger charge is 2.03. The average Bonchev–Trinajstić information content (AvgIpc) is 2.49. The summed E-state index contributed by atoms with van der Waals surface area (Å²) in [6.45, 7) is 0.907. The van der Waals surface area contributed by atoms with Gasteiger partial charge in [0.25, 0.3) is 0 Å². The summed E-state index contributed by atoms with van der Waals surface area (Å²) in [7, 11) is 0. The Balaban J connectivity index is 1.71. The SMILES string of the molecule is O=C(O)c1cccc(OCCCOc2ccc(O)cc2)c1. The van der Waals surface area contributed by atoms with Crippen molar-refractivity contribution in [3.8, 4) is 17.2 Å². The van der Waals surface area contributed by atoms with Crippen LogP contribution < -0.4 is 9.47 Å². The van der Waals surface area contributed by atoms with Crippen molar-refractivity contribution >= 4 is 5.97 Å². The first-order valence-corrected chi connectivity index (χ1v) is 6.53. The first-order chi connectivity index (χ1) is 10.1. The fourth-order valence-corrected chi connectivity index (χ4v) is 1.70. The summed E-state index contributed by atoms with van der Waals surface area (Å²) in [6.07, 6.45) is 0.665. The highest BCUT2D eigenvalue weighted by Crippen LogP contribution is 2.16. The Morgan fingerprint density at radius 2 is 1.62 bits per heavy atom. The lowest BCUT2D eigenvalue weighted by Crippen LogP contribution is -2.05. The molecule has 0 saturated carbocycles. The van der Waals surface area contributed by atoms with E-state index in [1.807, 2.05) is 0 Å². The molecule has 2 rings (SSSR count). The van der Waals surface area contributed by atoms with Crippen molar-refractivity contribution in [1.82, 2.24) is 0 Å². The topological polar surface area (TPSA) is 76.0 Å². The molecular weight excluding hydrogens is 272 g/mol. The van der Waals surface area contributed by atoms with E-state index in [2.05, 4.69) is 0 Å². The third-order valence-corrected chi connectivity index (χ3v) is 2.74. The molecule has 5 nitrogen and oxygen atoms in total. The number of aromatic carboxylic acids is 1. The summed E-state index contributed by atoms with van der Waals surface area (Å²) in [5.41, 5.74) is 0.202. The summed E-state index contributed by atoms with van der Waals surface area (Å²) in [5, 5.41) is 18.0. The minimum Gasteiger partial charge on any atom is -0.508 e. The number of phenols is 1. The fourth-order valence-electron chi connectivity index (χ4n) is 1.70. The number of carboxylic acid groups (broad SMARTS) is 1. The van der Waals surface area contributed by atoms with Gasteiger partial charge < -0.3 is 19.7 Å². The van der Waals surface area contributed by atoms with Crippen LogP contribution in [0.3, 0.4) is 0 Å². The molecule has 0 aliphatic heterocycles. The van der Waals surface area contributed by atoms with E-state index in [1.54, 1.807) is 36.4 Å². The van der Waals surface area contributed by atoms with Gasteiger partial charge in [0.2, 0.25) is 0 Å². The van der Waals surface area contributed by atoms with Crippen molar-refractivity contribution in [2.45, 2.75) is 6.42 Å². The predicted octanol–water partition coefficient (Wildman–Crippen LogP) is 2.94. The van der Waals surface area contributed by atoms with E-state index in [9.17, 15) is 4.79 Å². The van der Waals surface area contributed by atoms with Crippen LogP contribution >= 0.6 is 0 Å². The van der Waals surface area contributed by atoms with E-state index in [0.717, 1.165) is 0 Å². The second kappa shape index (κ2) is 7.19. The van der Waals surface area contributed by atoms with Gasteiger partial charge in [0.15, 0.2) is 0 Å². The van der Waals surface area contributed by atoms with Crippen molar-refractivity contribution in [1.29, 1.82) is 0 Å². The summed E-state index contributed by atoms with van der Waals surface area (Å²) in [6, 6.07) is 12.9. The van der Waals surface area contributed by atoms with Gasteiger partial charge in [-0.3, -0.25) is 0 Å². The van der Waals surface area contributed by atoms with E-state index in [0.29, 0.717) is 31.1 Å². The lowest BCUT2D eigenvalue weighted by atomic mass is 10.2. The first-order valence-electron chi connectivity index (χ1n) is 6.53. The molecule has 5 heteroatoms. The van der Waals surface area contributed by atoms with E-state index in [1.165, 1.54) is 12.1 Å². The van der Waals surface area contributed by atoms with Crippen molar-refractivity contribution < 1.29 is 24.5 Å². The summed E-state index contributed by atoms with van der Waals surface area (Å²) in [4.78, 5) is 10.8. The maximum Gasteiger partial charge on any atom is 0.335 e. The van der Waals surface area contributed by atoms with Crippen molar-refractivity contribution in [2.75, 3.05) is 13.2 Å². The quantitative estimate of drug-likeness (QED) is 0.766. The standard InChI is InChI=1S/C16H16O5/c17-13-5-7-14(8-6-13)20-9-2-10-21-15-4-1-3-12(11-15)16(18)19/h1,3-8,11,17H,2,9-10H2,(H,18,19). The van der Waals surface area contributed by atoms with Crippen LogP contribution in [0.15, 0.2) is 48.5 Å². The Bertz CT molecular complexity index is 592. The highest BCUT2D eigenvalue weighted by atomic mass is 16.5. The van der Waals surface area contributed by atoms with Crippen LogP contribution in [0.1, 0.15) is 16.8 Å². The number of carboxylic acids is 1. The molecular formula is C16H16O5. The van der Waals surface area contributed by atoms with E-state index in [4.69, 9.17) is 19.7 Å². The Hall–Kier alpha value is -2.69. The van der Waals surface area contributed by atoms with Crippen molar-refractivity contribution in [3.05, 3.63) is 54.1 Å². The minimum atomic E-state index is -0.976. The molecule has 110 valence electrons. The van der Waals surface area contributed by atoms with Crippen molar-refractivity contribution in [2.24, 2.45) is 0 Å². The third-order valence-electron chi connectivity index (χ3n) is 2.74. The molecule has 2 N–H and O–H groups in total. The zero-order chi connectivity index (χ0) is 15.1. The van der Waals surface area contributed by atoms with Crippen LogP contribution in [0, 0.1) is 0 Å². The predicted molar refractivity (Wildman–Crippen MR) is 77.1 cm³/mol. The Morgan fingerprint density at radius 3 is 2.29 bits per heavy atom. The fraction of sp³-hybridized carbons (Fsp3) is 0.188. The Kier molecular flexibility index (Phi) is 5.04. The van der Waals surface area contributed by atoms with Gasteiger partial charge in [-0.25, -0.2) is 4.79 Å². The lowest BCUT2D eigenvalue weighted by Gasteiger charge is -2.08. The van der Waals surface area contributed by atoms with Gasteiger partial charge >= 0.3 is 5.97 Å². The second-order valence-corrected chi connectivity index (χ2v) is 4.38. The molecule has 0 unspecified atom stereocenters. The number of aromatic hydroxyl groups is 1. The molecule has 0 spiro atoms. The van der Waals surface area contributed by atoms with Gasteiger partial charge in [0.05, 0.1) is 18.8 Å².